The molecule has 0 atom stereocenters. The van der Waals surface area contributed by atoms with Crippen LogP contribution in [0.4, 0.5) is 0 Å². The number of rotatable bonds is 5. The summed E-state index contributed by atoms with van der Waals surface area (Å²) in [6, 6.07) is 47.0. The fraction of sp³-hybridized carbons (Fsp3) is 0.0789. The molecule has 7 aromatic rings. The van der Waals surface area contributed by atoms with Crippen molar-refractivity contribution >= 4 is 28.8 Å². The van der Waals surface area contributed by atoms with E-state index in [1.165, 1.54) is 4.40 Å². The molecule has 219 valence electrons. The van der Waals surface area contributed by atoms with Crippen molar-refractivity contribution in [3.8, 4) is 45.1 Å². The van der Waals surface area contributed by atoms with Crippen LogP contribution in [0.25, 0.3) is 56.2 Å². The summed E-state index contributed by atoms with van der Waals surface area (Å²) in [6.45, 7) is 0. The van der Waals surface area contributed by atoms with Crippen molar-refractivity contribution in [2.45, 2.75) is 17.3 Å². The molecule has 0 N–H and O–H groups in total. The van der Waals surface area contributed by atoms with Gasteiger partial charge in [0.15, 0.2) is 0 Å². The van der Waals surface area contributed by atoms with Crippen LogP contribution in [0.2, 0.25) is 17.3 Å². The molecule has 0 amide bonds. The standard InChI is InChI=1S/C27H23GeN2O.C11H8N.Ir/c1-28(2,3)22-14-15-24(29-18-22)21-16-23(19-10-6-4-7-11-19)26-25(17-21)31-27(30-26)20-12-8-5-9-13-20;1-2-6-10(7-3-1)11-8-4-5-9-12-11;/h4-16,18H,1-3H3;1-6,8-9H;/q2*-1;. The van der Waals surface area contributed by atoms with E-state index in [1.54, 1.807) is 6.20 Å². The third-order valence-electron chi connectivity index (χ3n) is 7.08. The zero-order valence-corrected chi connectivity index (χ0v) is 29.3. The molecule has 6 heteroatoms. The first-order valence-corrected chi connectivity index (χ1v) is 21.6. The van der Waals surface area contributed by atoms with Gasteiger partial charge in [0, 0.05) is 26.3 Å². The van der Waals surface area contributed by atoms with Gasteiger partial charge in [-0.15, -0.1) is 35.9 Å². The maximum atomic E-state index is 6.17. The third kappa shape index (κ3) is 7.31. The molecule has 44 heavy (non-hydrogen) atoms. The molecule has 4 aromatic carbocycles. The summed E-state index contributed by atoms with van der Waals surface area (Å²) in [6.07, 6.45) is 3.82. The minimum Gasteiger partial charge on any atom is -0.305 e. The molecule has 0 unspecified atom stereocenters. The molecule has 0 saturated carbocycles. The molecular weight excluding hydrogens is 779 g/mol. The van der Waals surface area contributed by atoms with Gasteiger partial charge in [-0.25, -0.2) is 0 Å². The third-order valence-corrected chi connectivity index (χ3v) is 11.3. The number of hydrogen-bond donors (Lipinski definition) is 0. The number of benzene rings is 4. The number of nitrogens with zero attached hydrogens (tertiary/aromatic N) is 3. The molecular formula is C38H31GeIrN3O-2. The Morgan fingerprint density at radius 1 is 0.659 bits per heavy atom. The Kier molecular flexibility index (Phi) is 10.0. The van der Waals surface area contributed by atoms with Crippen LogP contribution in [0.5, 0.6) is 0 Å². The Balaban J connectivity index is 0.000000248. The van der Waals surface area contributed by atoms with Gasteiger partial charge in [-0.3, -0.25) is 0 Å². The topological polar surface area (TPSA) is 51.8 Å². The fourth-order valence-corrected chi connectivity index (χ4v) is 6.88. The Bertz CT molecular complexity index is 1880. The number of fused-ring (bicyclic) bond motifs is 1. The smallest absolute Gasteiger partial charge is 0.0160 e. The monoisotopic (exact) mass is 812 g/mol. The van der Waals surface area contributed by atoms with Crippen molar-refractivity contribution in [2.75, 3.05) is 0 Å². The van der Waals surface area contributed by atoms with Crippen molar-refractivity contribution < 1.29 is 24.5 Å². The molecule has 0 aliphatic rings. The van der Waals surface area contributed by atoms with Crippen molar-refractivity contribution in [1.29, 1.82) is 0 Å². The van der Waals surface area contributed by atoms with Crippen LogP contribution in [0.15, 0.2) is 138 Å². The zero-order valence-electron chi connectivity index (χ0n) is 24.8. The molecule has 1 radical (unpaired) electrons. The van der Waals surface area contributed by atoms with Crippen LogP contribution in [-0.4, -0.2) is 28.2 Å². The number of aromatic nitrogens is 3. The van der Waals surface area contributed by atoms with E-state index >= 15 is 0 Å². The van der Waals surface area contributed by atoms with E-state index in [0.29, 0.717) is 11.5 Å². The Labute approximate surface area is 275 Å². The molecule has 0 bridgehead atoms. The Hall–Kier alpha value is -4.16. The van der Waals surface area contributed by atoms with E-state index in [0.717, 1.165) is 44.7 Å². The number of hydrogen-bond acceptors (Lipinski definition) is 4. The van der Waals surface area contributed by atoms with Crippen molar-refractivity contribution in [3.05, 3.63) is 146 Å². The summed E-state index contributed by atoms with van der Waals surface area (Å²) < 4.78 is 7.56. The Morgan fingerprint density at radius 2 is 1.34 bits per heavy atom. The van der Waals surface area contributed by atoms with Gasteiger partial charge in [-0.2, -0.15) is 0 Å². The summed E-state index contributed by atoms with van der Waals surface area (Å²) in [4.78, 5) is 13.8. The predicted octanol–water partition coefficient (Wildman–Crippen LogP) is 9.12. The van der Waals surface area contributed by atoms with Gasteiger partial charge in [0.25, 0.3) is 0 Å². The van der Waals surface area contributed by atoms with Gasteiger partial charge >= 0.3 is 179 Å². The second kappa shape index (κ2) is 14.1. The molecule has 3 aromatic heterocycles. The van der Waals surface area contributed by atoms with E-state index in [-0.39, 0.29) is 20.1 Å². The molecule has 0 aliphatic heterocycles. The average Bonchev–Trinajstić information content (AvgIpc) is 3.50. The summed E-state index contributed by atoms with van der Waals surface area (Å²) in [5.41, 5.74) is 8.35. The van der Waals surface area contributed by atoms with Gasteiger partial charge in [0.05, 0.1) is 0 Å². The summed E-state index contributed by atoms with van der Waals surface area (Å²) in [5.74, 6) is 7.73. The minimum absolute atomic E-state index is 0. The molecule has 0 saturated heterocycles. The number of oxazole rings is 1. The quantitative estimate of drug-likeness (QED) is 0.129. The van der Waals surface area contributed by atoms with E-state index in [1.807, 2.05) is 97.2 Å². The molecule has 3 heterocycles. The van der Waals surface area contributed by atoms with Gasteiger partial charge in [-0.05, 0) is 11.8 Å². The van der Waals surface area contributed by atoms with Crippen molar-refractivity contribution in [3.63, 3.8) is 0 Å². The van der Waals surface area contributed by atoms with Gasteiger partial charge in [0.2, 0.25) is 0 Å². The molecule has 0 aliphatic carbocycles. The van der Waals surface area contributed by atoms with Crippen LogP contribution in [0, 0.1) is 12.1 Å². The van der Waals surface area contributed by atoms with Crippen LogP contribution in [-0.2, 0) is 20.1 Å². The number of pyridine rings is 2. The zero-order chi connectivity index (χ0) is 29.6. The maximum Gasteiger partial charge on any atom is 0.0160 e. The van der Waals surface area contributed by atoms with Crippen LogP contribution >= 0.6 is 0 Å². The largest absolute Gasteiger partial charge is 0.305 e. The summed E-state index contributed by atoms with van der Waals surface area (Å²) in [5, 5.41) is 0. The first-order valence-electron chi connectivity index (χ1n) is 14.3. The molecule has 7 rings (SSSR count). The minimum atomic E-state index is -1.91. The second-order valence-electron chi connectivity index (χ2n) is 11.2. The fourth-order valence-electron chi connectivity index (χ4n) is 4.71. The van der Waals surface area contributed by atoms with E-state index < -0.39 is 13.3 Å². The maximum absolute atomic E-state index is 6.17. The van der Waals surface area contributed by atoms with Gasteiger partial charge in [-0.1, -0.05) is 18.2 Å². The second-order valence-corrected chi connectivity index (χ2v) is 21.9. The molecule has 0 spiro atoms. The normalized spacial score (nSPS) is 10.9. The average molecular weight is 811 g/mol. The van der Waals surface area contributed by atoms with Crippen LogP contribution < -0.4 is 4.40 Å². The molecule has 4 nitrogen and oxygen atoms in total. The van der Waals surface area contributed by atoms with E-state index in [4.69, 9.17) is 14.4 Å². The first kappa shape index (κ1) is 31.3. The van der Waals surface area contributed by atoms with Gasteiger partial charge in [0.1, 0.15) is 0 Å². The van der Waals surface area contributed by atoms with E-state index in [9.17, 15) is 0 Å². The predicted molar refractivity (Wildman–Crippen MR) is 178 cm³/mol. The summed E-state index contributed by atoms with van der Waals surface area (Å²) >= 11 is -1.91. The van der Waals surface area contributed by atoms with E-state index in [2.05, 4.69) is 64.7 Å². The first-order chi connectivity index (χ1) is 21.0. The van der Waals surface area contributed by atoms with Crippen molar-refractivity contribution in [2.24, 2.45) is 0 Å². The van der Waals surface area contributed by atoms with Crippen LogP contribution in [0.1, 0.15) is 0 Å². The Morgan fingerprint density at radius 3 is 1.95 bits per heavy atom. The molecule has 0 fully saturated rings. The SMILES string of the molecule is [CH3][Ge]([CH3])([CH3])[c]1ccc(-c2[c-]c3oc(-c4ccccc4)nc3c(-c3ccccc3)c2)nc1.[Ir].[c-]1ccccc1-c1ccccn1. The van der Waals surface area contributed by atoms with Crippen LogP contribution in [0.3, 0.4) is 0 Å². The van der Waals surface area contributed by atoms with Gasteiger partial charge < -0.3 is 4.98 Å². The summed E-state index contributed by atoms with van der Waals surface area (Å²) in [7, 11) is 0. The van der Waals surface area contributed by atoms with Crippen molar-refractivity contribution in [1.82, 2.24) is 15.0 Å².